The third-order valence-electron chi connectivity index (χ3n) is 2.89. The average molecular weight is 320 g/mol. The molecule has 118 valence electrons. The lowest BCUT2D eigenvalue weighted by Gasteiger charge is -2.09. The summed E-state index contributed by atoms with van der Waals surface area (Å²) in [5.74, 6) is 1.62. The van der Waals surface area contributed by atoms with E-state index in [0.29, 0.717) is 25.0 Å². The van der Waals surface area contributed by atoms with Crippen molar-refractivity contribution in [2.75, 3.05) is 25.6 Å². The van der Waals surface area contributed by atoms with Crippen LogP contribution < -0.4 is 10.3 Å². The highest BCUT2D eigenvalue weighted by Crippen LogP contribution is 2.15. The van der Waals surface area contributed by atoms with Crippen LogP contribution in [-0.2, 0) is 4.74 Å². The van der Waals surface area contributed by atoms with Crippen molar-refractivity contribution in [3.8, 4) is 5.75 Å². The van der Waals surface area contributed by atoms with Gasteiger partial charge < -0.3 is 14.5 Å². The van der Waals surface area contributed by atoms with Crippen molar-refractivity contribution >= 4 is 11.8 Å². The number of hydrogen-bond donors (Lipinski definition) is 1. The molecule has 0 saturated carbocycles. The molecule has 22 heavy (non-hydrogen) atoms. The average Bonchev–Trinajstić information content (AvgIpc) is 2.47. The van der Waals surface area contributed by atoms with E-state index in [1.54, 1.807) is 6.92 Å². The third kappa shape index (κ3) is 5.54. The van der Waals surface area contributed by atoms with Crippen LogP contribution in [0.2, 0.25) is 0 Å². The molecule has 2 aromatic rings. The summed E-state index contributed by atoms with van der Waals surface area (Å²) in [7, 11) is 0. The van der Waals surface area contributed by atoms with Crippen LogP contribution in [0.5, 0.6) is 5.75 Å². The number of aromatic amines is 1. The highest BCUT2D eigenvalue weighted by molar-refractivity contribution is 7.99. The molecule has 1 aromatic carbocycles. The van der Waals surface area contributed by atoms with E-state index in [9.17, 15) is 4.79 Å². The molecule has 0 unspecified atom stereocenters. The lowest BCUT2D eigenvalue weighted by atomic mass is 10.2. The molecule has 0 saturated heterocycles. The van der Waals surface area contributed by atoms with Crippen LogP contribution in [0.25, 0.3) is 0 Å². The Kier molecular flexibility index (Phi) is 6.48. The second-order valence-electron chi connectivity index (χ2n) is 4.77. The number of hydrogen-bond acceptors (Lipinski definition) is 5. The fourth-order valence-corrected chi connectivity index (χ4v) is 2.62. The van der Waals surface area contributed by atoms with Crippen LogP contribution in [0, 0.1) is 13.8 Å². The number of H-pyrrole nitrogens is 1. The molecule has 0 aliphatic heterocycles. The van der Waals surface area contributed by atoms with Gasteiger partial charge in [-0.05, 0) is 25.5 Å². The summed E-state index contributed by atoms with van der Waals surface area (Å²) < 4.78 is 11.2. The number of thioether (sulfide) groups is 1. The first-order chi connectivity index (χ1) is 10.6. The zero-order valence-electron chi connectivity index (χ0n) is 12.8. The molecular formula is C16H20N2O3S. The van der Waals surface area contributed by atoms with Gasteiger partial charge in [0.15, 0.2) is 5.16 Å². The molecule has 0 aliphatic rings. The number of nitrogens with zero attached hydrogens (tertiary/aromatic N) is 1. The van der Waals surface area contributed by atoms with Gasteiger partial charge in [-0.25, -0.2) is 4.98 Å². The summed E-state index contributed by atoms with van der Waals surface area (Å²) in [5.41, 5.74) is 1.72. The molecule has 5 nitrogen and oxygen atoms in total. The van der Waals surface area contributed by atoms with Gasteiger partial charge in [0.25, 0.3) is 5.56 Å². The van der Waals surface area contributed by atoms with Gasteiger partial charge in [0.05, 0.1) is 13.2 Å². The third-order valence-corrected chi connectivity index (χ3v) is 3.73. The van der Waals surface area contributed by atoms with Crippen molar-refractivity contribution in [2.45, 2.75) is 19.0 Å². The van der Waals surface area contributed by atoms with Crippen molar-refractivity contribution in [3.63, 3.8) is 0 Å². The number of benzene rings is 1. The molecule has 0 fully saturated rings. The monoisotopic (exact) mass is 320 g/mol. The van der Waals surface area contributed by atoms with E-state index in [1.165, 1.54) is 17.8 Å². The molecule has 0 atom stereocenters. The molecule has 0 aliphatic carbocycles. The topological polar surface area (TPSA) is 64.2 Å². The van der Waals surface area contributed by atoms with Gasteiger partial charge in [0.1, 0.15) is 12.4 Å². The molecule has 1 N–H and O–H groups in total. The van der Waals surface area contributed by atoms with E-state index in [1.807, 2.05) is 31.2 Å². The van der Waals surface area contributed by atoms with E-state index in [2.05, 4.69) is 9.97 Å². The standard InChI is InChI=1S/C16H20N2O3S/c1-12-5-3-4-6-14(12)21-8-7-20-9-10-22-16-17-13(2)11-15(19)18-16/h3-6,11H,7-10H2,1-2H3,(H,17,18,19). The maximum atomic E-state index is 11.3. The highest BCUT2D eigenvalue weighted by Gasteiger charge is 2.00. The predicted molar refractivity (Wildman–Crippen MR) is 87.8 cm³/mol. The van der Waals surface area contributed by atoms with E-state index in [0.717, 1.165) is 22.8 Å². The smallest absolute Gasteiger partial charge is 0.251 e. The Bertz CT molecular complexity index is 658. The molecule has 0 amide bonds. The fourth-order valence-electron chi connectivity index (χ4n) is 1.85. The van der Waals surface area contributed by atoms with E-state index < -0.39 is 0 Å². The van der Waals surface area contributed by atoms with Crippen LogP contribution in [0.15, 0.2) is 40.3 Å². The van der Waals surface area contributed by atoms with Gasteiger partial charge >= 0.3 is 0 Å². The summed E-state index contributed by atoms with van der Waals surface area (Å²) >= 11 is 1.47. The van der Waals surface area contributed by atoms with Gasteiger partial charge in [-0.3, -0.25) is 4.79 Å². The Morgan fingerprint density at radius 3 is 2.77 bits per heavy atom. The second-order valence-corrected chi connectivity index (χ2v) is 5.85. The second kappa shape index (κ2) is 8.60. The first-order valence-electron chi connectivity index (χ1n) is 7.12. The van der Waals surface area contributed by atoms with Gasteiger partial charge in [-0.15, -0.1) is 0 Å². The number of ether oxygens (including phenoxy) is 2. The van der Waals surface area contributed by atoms with Gasteiger partial charge in [-0.2, -0.15) is 0 Å². The van der Waals surface area contributed by atoms with Crippen molar-refractivity contribution in [3.05, 3.63) is 51.9 Å². The zero-order chi connectivity index (χ0) is 15.8. The maximum Gasteiger partial charge on any atom is 0.251 e. The minimum atomic E-state index is -0.123. The SMILES string of the molecule is Cc1cc(=O)[nH]c(SCCOCCOc2ccccc2C)n1. The fraction of sp³-hybridized carbons (Fsp3) is 0.375. The predicted octanol–water partition coefficient (Wildman–Crippen LogP) is 2.57. The lowest BCUT2D eigenvalue weighted by Crippen LogP contribution is -2.10. The van der Waals surface area contributed by atoms with Gasteiger partial charge in [0, 0.05) is 17.5 Å². The van der Waals surface area contributed by atoms with Crippen LogP contribution in [0.4, 0.5) is 0 Å². The summed E-state index contributed by atoms with van der Waals surface area (Å²) in [5, 5.41) is 0.629. The van der Waals surface area contributed by atoms with Crippen molar-refractivity contribution in [2.24, 2.45) is 0 Å². The zero-order valence-corrected chi connectivity index (χ0v) is 13.6. The largest absolute Gasteiger partial charge is 0.491 e. The molecule has 0 radical (unpaired) electrons. The number of para-hydroxylation sites is 1. The van der Waals surface area contributed by atoms with E-state index in [-0.39, 0.29) is 5.56 Å². The van der Waals surface area contributed by atoms with Crippen molar-refractivity contribution < 1.29 is 9.47 Å². The van der Waals surface area contributed by atoms with Gasteiger partial charge in [0.2, 0.25) is 0 Å². The van der Waals surface area contributed by atoms with E-state index >= 15 is 0 Å². The van der Waals surface area contributed by atoms with Crippen LogP contribution in [0.1, 0.15) is 11.3 Å². The lowest BCUT2D eigenvalue weighted by molar-refractivity contribution is 0.112. The van der Waals surface area contributed by atoms with Gasteiger partial charge in [-0.1, -0.05) is 30.0 Å². The summed E-state index contributed by atoms with van der Waals surface area (Å²) in [6.07, 6.45) is 0. The normalized spacial score (nSPS) is 10.6. The Morgan fingerprint density at radius 2 is 2.00 bits per heavy atom. The molecule has 0 spiro atoms. The molecule has 0 bridgehead atoms. The Hall–Kier alpha value is -1.79. The summed E-state index contributed by atoms with van der Waals surface area (Å²) in [4.78, 5) is 18.2. The number of nitrogens with one attached hydrogen (secondary N) is 1. The number of aromatic nitrogens is 2. The maximum absolute atomic E-state index is 11.3. The van der Waals surface area contributed by atoms with E-state index in [4.69, 9.17) is 9.47 Å². The molecule has 1 aromatic heterocycles. The highest BCUT2D eigenvalue weighted by atomic mass is 32.2. The first kappa shape index (κ1) is 16.6. The minimum Gasteiger partial charge on any atom is -0.491 e. The van der Waals surface area contributed by atoms with Crippen molar-refractivity contribution in [1.82, 2.24) is 9.97 Å². The summed E-state index contributed by atoms with van der Waals surface area (Å²) in [6.45, 7) is 5.46. The van der Waals surface area contributed by atoms with Crippen LogP contribution in [0.3, 0.4) is 0 Å². The first-order valence-corrected chi connectivity index (χ1v) is 8.10. The number of rotatable bonds is 8. The Labute approximate surface area is 134 Å². The molecule has 6 heteroatoms. The Balaban J connectivity index is 1.60. The van der Waals surface area contributed by atoms with Crippen LogP contribution >= 0.6 is 11.8 Å². The number of aryl methyl sites for hydroxylation is 2. The van der Waals surface area contributed by atoms with Crippen molar-refractivity contribution in [1.29, 1.82) is 0 Å². The summed E-state index contributed by atoms with van der Waals surface area (Å²) in [6, 6.07) is 9.38. The molecular weight excluding hydrogens is 300 g/mol. The minimum absolute atomic E-state index is 0.123. The molecule has 1 heterocycles. The Morgan fingerprint density at radius 1 is 1.18 bits per heavy atom. The quantitative estimate of drug-likeness (QED) is 0.460. The molecule has 2 rings (SSSR count). The van der Waals surface area contributed by atoms with Crippen LogP contribution in [-0.4, -0.2) is 35.5 Å².